The van der Waals surface area contributed by atoms with Gasteiger partial charge in [0, 0.05) is 11.3 Å². The van der Waals surface area contributed by atoms with Gasteiger partial charge in [-0.25, -0.2) is 0 Å². The molecular weight excluding hydrogens is 259 g/mol. The van der Waals surface area contributed by atoms with E-state index in [1.165, 1.54) is 12.1 Å². The van der Waals surface area contributed by atoms with Crippen LogP contribution in [0, 0.1) is 0 Å². The summed E-state index contributed by atoms with van der Waals surface area (Å²) in [5.41, 5.74) is -0.448. The first-order valence-corrected chi connectivity index (χ1v) is 4.95. The van der Waals surface area contributed by atoms with Crippen LogP contribution in [0.25, 0.3) is 0 Å². The summed E-state index contributed by atoms with van der Waals surface area (Å²) in [6.45, 7) is 0. The molecule has 0 saturated heterocycles. The van der Waals surface area contributed by atoms with E-state index in [4.69, 9.17) is 11.6 Å². The maximum Gasteiger partial charge on any atom is 0.454 e. The number of Topliss-reactive ketones (excluding diaryl/α,β-unsaturated/α-hetero) is 1. The van der Waals surface area contributed by atoms with Crippen molar-refractivity contribution in [1.82, 2.24) is 0 Å². The standard InChI is InChI=1S/C10H7ClF3NO2/c11-5-8(16)15-7-3-1-2-6(4-7)9(17)10(12,13)14/h1-4H,5H2,(H,15,16). The molecule has 0 aromatic heterocycles. The lowest BCUT2D eigenvalue weighted by atomic mass is 10.1. The fourth-order valence-corrected chi connectivity index (χ4v) is 1.16. The van der Waals surface area contributed by atoms with E-state index in [9.17, 15) is 22.8 Å². The molecule has 0 atom stereocenters. The van der Waals surface area contributed by atoms with Crippen molar-refractivity contribution in [1.29, 1.82) is 0 Å². The Labute approximate surface area is 99.6 Å². The fourth-order valence-electron chi connectivity index (χ4n) is 1.10. The van der Waals surface area contributed by atoms with Crippen molar-refractivity contribution in [2.45, 2.75) is 6.18 Å². The van der Waals surface area contributed by atoms with E-state index < -0.39 is 23.4 Å². The molecule has 17 heavy (non-hydrogen) atoms. The molecule has 92 valence electrons. The molecular formula is C10H7ClF3NO2. The van der Waals surface area contributed by atoms with Gasteiger partial charge in [-0.05, 0) is 12.1 Å². The number of amides is 1. The Kier molecular flexibility index (Phi) is 4.11. The van der Waals surface area contributed by atoms with Crippen LogP contribution in [0.3, 0.4) is 0 Å². The highest BCUT2D eigenvalue weighted by atomic mass is 35.5. The first kappa shape index (κ1) is 13.5. The summed E-state index contributed by atoms with van der Waals surface area (Å²) in [6.07, 6.45) is -4.94. The van der Waals surface area contributed by atoms with Gasteiger partial charge < -0.3 is 5.32 Å². The van der Waals surface area contributed by atoms with E-state index in [-0.39, 0.29) is 11.6 Å². The first-order valence-electron chi connectivity index (χ1n) is 4.42. The monoisotopic (exact) mass is 265 g/mol. The number of anilines is 1. The number of rotatable bonds is 3. The van der Waals surface area contributed by atoms with Crippen molar-refractivity contribution in [2.75, 3.05) is 11.2 Å². The van der Waals surface area contributed by atoms with Crippen LogP contribution in [-0.2, 0) is 4.79 Å². The number of halogens is 4. The van der Waals surface area contributed by atoms with Gasteiger partial charge in [0.2, 0.25) is 5.91 Å². The lowest BCUT2D eigenvalue weighted by Gasteiger charge is -2.07. The molecule has 1 N–H and O–H groups in total. The molecule has 0 spiro atoms. The Morgan fingerprint density at radius 1 is 1.29 bits per heavy atom. The summed E-state index contributed by atoms with van der Waals surface area (Å²) in [5.74, 6) is -2.85. The van der Waals surface area contributed by atoms with Gasteiger partial charge in [-0.15, -0.1) is 11.6 Å². The minimum Gasteiger partial charge on any atom is -0.325 e. The summed E-state index contributed by atoms with van der Waals surface area (Å²) < 4.78 is 36.4. The lowest BCUT2D eigenvalue weighted by molar-refractivity contribution is -0.113. The van der Waals surface area contributed by atoms with Crippen LogP contribution in [-0.4, -0.2) is 23.7 Å². The van der Waals surface area contributed by atoms with Crippen molar-refractivity contribution >= 4 is 29.0 Å². The van der Waals surface area contributed by atoms with Crippen LogP contribution in [0.1, 0.15) is 10.4 Å². The molecule has 1 amide bonds. The van der Waals surface area contributed by atoms with E-state index in [0.29, 0.717) is 0 Å². The predicted molar refractivity (Wildman–Crippen MR) is 56.2 cm³/mol. The van der Waals surface area contributed by atoms with Gasteiger partial charge in [-0.3, -0.25) is 9.59 Å². The molecule has 0 aliphatic carbocycles. The maximum absolute atomic E-state index is 12.1. The van der Waals surface area contributed by atoms with Gasteiger partial charge in [0.05, 0.1) is 0 Å². The predicted octanol–water partition coefficient (Wildman–Crippen LogP) is 2.61. The van der Waals surface area contributed by atoms with Crippen LogP contribution in [0.4, 0.5) is 18.9 Å². The van der Waals surface area contributed by atoms with Crippen molar-refractivity contribution in [3.05, 3.63) is 29.8 Å². The molecule has 0 bridgehead atoms. The third kappa shape index (κ3) is 3.74. The van der Waals surface area contributed by atoms with Gasteiger partial charge in [0.15, 0.2) is 0 Å². The Balaban J connectivity index is 2.94. The van der Waals surface area contributed by atoms with Crippen LogP contribution in [0.15, 0.2) is 24.3 Å². The number of nitrogens with one attached hydrogen (secondary N) is 1. The molecule has 0 aliphatic heterocycles. The Bertz CT molecular complexity index is 445. The number of ketones is 1. The van der Waals surface area contributed by atoms with Gasteiger partial charge >= 0.3 is 6.18 Å². The van der Waals surface area contributed by atoms with Crippen LogP contribution in [0.5, 0.6) is 0 Å². The highest BCUT2D eigenvalue weighted by molar-refractivity contribution is 6.29. The van der Waals surface area contributed by atoms with E-state index in [1.54, 1.807) is 0 Å². The number of hydrogen-bond donors (Lipinski definition) is 1. The summed E-state index contributed by atoms with van der Waals surface area (Å²) in [5, 5.41) is 2.25. The highest BCUT2D eigenvalue weighted by Gasteiger charge is 2.39. The van der Waals surface area contributed by atoms with Crippen molar-refractivity contribution in [3.63, 3.8) is 0 Å². The SMILES string of the molecule is O=C(CCl)Nc1cccc(C(=O)C(F)(F)F)c1. The van der Waals surface area contributed by atoms with E-state index in [1.807, 2.05) is 0 Å². The third-order valence-electron chi connectivity index (χ3n) is 1.79. The second kappa shape index (κ2) is 5.18. The largest absolute Gasteiger partial charge is 0.454 e. The fraction of sp³-hybridized carbons (Fsp3) is 0.200. The van der Waals surface area contributed by atoms with Crippen molar-refractivity contribution in [2.24, 2.45) is 0 Å². The first-order chi connectivity index (χ1) is 7.84. The summed E-state index contributed by atoms with van der Waals surface area (Å²) in [6, 6.07) is 4.56. The average molecular weight is 266 g/mol. The smallest absolute Gasteiger partial charge is 0.325 e. The third-order valence-corrected chi connectivity index (χ3v) is 2.03. The molecule has 0 radical (unpaired) electrons. The lowest BCUT2D eigenvalue weighted by Crippen LogP contribution is -2.23. The topological polar surface area (TPSA) is 46.2 Å². The molecule has 0 saturated carbocycles. The van der Waals surface area contributed by atoms with Crippen molar-refractivity contribution < 1.29 is 22.8 Å². The maximum atomic E-state index is 12.1. The second-order valence-electron chi connectivity index (χ2n) is 3.09. The molecule has 3 nitrogen and oxygen atoms in total. The second-order valence-corrected chi connectivity index (χ2v) is 3.36. The molecule has 1 aromatic carbocycles. The number of hydrogen-bond acceptors (Lipinski definition) is 2. The summed E-state index contributed by atoms with van der Waals surface area (Å²) >= 11 is 5.22. The molecule has 0 unspecified atom stereocenters. The normalized spacial score (nSPS) is 11.1. The molecule has 1 aromatic rings. The van der Waals surface area contributed by atoms with Crippen LogP contribution < -0.4 is 5.32 Å². The molecule has 1 rings (SSSR count). The van der Waals surface area contributed by atoms with Gasteiger partial charge in [-0.2, -0.15) is 13.2 Å². The van der Waals surface area contributed by atoms with Gasteiger partial charge in [0.25, 0.3) is 5.78 Å². The highest BCUT2D eigenvalue weighted by Crippen LogP contribution is 2.23. The van der Waals surface area contributed by atoms with Gasteiger partial charge in [-0.1, -0.05) is 12.1 Å². The Hall–Kier alpha value is -1.56. The summed E-state index contributed by atoms with van der Waals surface area (Å²) in [7, 11) is 0. The zero-order valence-corrected chi connectivity index (χ0v) is 9.10. The Morgan fingerprint density at radius 3 is 2.47 bits per heavy atom. The molecule has 0 heterocycles. The number of benzene rings is 1. The van der Waals surface area contributed by atoms with Crippen LogP contribution >= 0.6 is 11.6 Å². The Morgan fingerprint density at radius 2 is 1.94 bits per heavy atom. The minimum absolute atomic E-state index is 0.0887. The average Bonchev–Trinajstić information content (AvgIpc) is 2.27. The number of carbonyl (C=O) groups excluding carboxylic acids is 2. The van der Waals surface area contributed by atoms with E-state index >= 15 is 0 Å². The minimum atomic E-state index is -4.94. The molecule has 0 aliphatic rings. The zero-order chi connectivity index (χ0) is 13.1. The zero-order valence-electron chi connectivity index (χ0n) is 8.34. The van der Waals surface area contributed by atoms with E-state index in [2.05, 4.69) is 5.32 Å². The number of alkyl halides is 4. The van der Waals surface area contributed by atoms with Crippen molar-refractivity contribution in [3.8, 4) is 0 Å². The van der Waals surface area contributed by atoms with Crippen LogP contribution in [0.2, 0.25) is 0 Å². The van der Waals surface area contributed by atoms with E-state index in [0.717, 1.165) is 12.1 Å². The summed E-state index contributed by atoms with van der Waals surface area (Å²) in [4.78, 5) is 21.8. The molecule has 7 heteroatoms. The molecule has 0 fully saturated rings. The quantitative estimate of drug-likeness (QED) is 0.674. The van der Waals surface area contributed by atoms with Gasteiger partial charge in [0.1, 0.15) is 5.88 Å². The number of carbonyl (C=O) groups is 2.